The molecule has 1 saturated carbocycles. The third kappa shape index (κ3) is 2.10. The lowest BCUT2D eigenvalue weighted by atomic mass is 10.00. The number of morpholine rings is 1. The summed E-state index contributed by atoms with van der Waals surface area (Å²) in [6.45, 7) is 2.22. The minimum Gasteiger partial charge on any atom is -0.371 e. The number of rotatable bonds is 2. The molecule has 22 heavy (non-hydrogen) atoms. The molecule has 2 aliphatic rings. The Kier molecular flexibility index (Phi) is 3.00. The van der Waals surface area contributed by atoms with Gasteiger partial charge in [-0.1, -0.05) is 22.5 Å². The maximum Gasteiger partial charge on any atom is 0.368 e. The fourth-order valence-electron chi connectivity index (χ4n) is 3.51. The van der Waals surface area contributed by atoms with Crippen molar-refractivity contribution in [1.29, 1.82) is 0 Å². The van der Waals surface area contributed by atoms with E-state index in [0.717, 1.165) is 31.7 Å². The van der Waals surface area contributed by atoms with Crippen LogP contribution in [-0.4, -0.2) is 44.8 Å². The maximum atomic E-state index is 11.0. The largest absolute Gasteiger partial charge is 0.371 e. The number of anilines is 1. The van der Waals surface area contributed by atoms with E-state index in [2.05, 4.69) is 15.0 Å². The topological polar surface area (TPSA) is 85.8 Å². The monoisotopic (exact) mass is 303 g/mol. The number of hydrogen-bond donors (Lipinski definition) is 0. The lowest BCUT2D eigenvalue weighted by Gasteiger charge is -2.40. The standard InChI is InChI=1S/C14H17N5O3/c20-19(21)13-9-15-11-3-4-12(16-18(11)13)17-7-8-22-14(10-17)5-1-2-6-14/h3-4,9H,1-2,5-8,10H2. The fraction of sp³-hybridized carbons (Fsp3) is 0.571. The van der Waals surface area contributed by atoms with Crippen LogP contribution in [0.4, 0.5) is 11.6 Å². The zero-order valence-corrected chi connectivity index (χ0v) is 12.1. The van der Waals surface area contributed by atoms with E-state index in [-0.39, 0.29) is 11.4 Å². The molecule has 116 valence electrons. The van der Waals surface area contributed by atoms with Crippen LogP contribution in [0.25, 0.3) is 5.65 Å². The normalized spacial score (nSPS) is 20.8. The molecule has 0 atom stereocenters. The van der Waals surface area contributed by atoms with Crippen LogP contribution in [0.2, 0.25) is 0 Å². The van der Waals surface area contributed by atoms with E-state index >= 15 is 0 Å². The second-order valence-electron chi connectivity index (χ2n) is 6.00. The molecule has 1 saturated heterocycles. The summed E-state index contributed by atoms with van der Waals surface area (Å²) in [6.07, 6.45) is 5.80. The summed E-state index contributed by atoms with van der Waals surface area (Å²) in [4.78, 5) is 16.8. The molecule has 0 N–H and O–H groups in total. The minimum absolute atomic E-state index is 0.0598. The van der Waals surface area contributed by atoms with Crippen molar-refractivity contribution in [2.45, 2.75) is 31.3 Å². The highest BCUT2D eigenvalue weighted by atomic mass is 16.6. The van der Waals surface area contributed by atoms with Crippen LogP contribution >= 0.6 is 0 Å². The Morgan fingerprint density at radius 3 is 2.91 bits per heavy atom. The maximum absolute atomic E-state index is 11.0. The quantitative estimate of drug-likeness (QED) is 0.621. The van der Waals surface area contributed by atoms with Gasteiger partial charge in [0.2, 0.25) is 5.65 Å². The van der Waals surface area contributed by atoms with Gasteiger partial charge in [0.25, 0.3) is 0 Å². The molecular formula is C14H17N5O3. The van der Waals surface area contributed by atoms with Crippen LogP contribution in [0.1, 0.15) is 25.7 Å². The first-order valence-electron chi connectivity index (χ1n) is 7.55. The van der Waals surface area contributed by atoms with E-state index < -0.39 is 4.92 Å². The predicted molar refractivity (Wildman–Crippen MR) is 79.0 cm³/mol. The van der Waals surface area contributed by atoms with Gasteiger partial charge in [-0.05, 0) is 23.8 Å². The van der Waals surface area contributed by atoms with Gasteiger partial charge in [0.1, 0.15) is 6.20 Å². The average molecular weight is 303 g/mol. The van der Waals surface area contributed by atoms with Crippen molar-refractivity contribution in [2.24, 2.45) is 0 Å². The van der Waals surface area contributed by atoms with Crippen molar-refractivity contribution < 1.29 is 9.66 Å². The van der Waals surface area contributed by atoms with Gasteiger partial charge in [0, 0.05) is 19.2 Å². The smallest absolute Gasteiger partial charge is 0.368 e. The Morgan fingerprint density at radius 2 is 2.14 bits per heavy atom. The number of hydrogen-bond acceptors (Lipinski definition) is 6. The zero-order chi connectivity index (χ0) is 15.2. The molecule has 1 aliphatic heterocycles. The molecule has 2 aromatic rings. The van der Waals surface area contributed by atoms with E-state index in [4.69, 9.17) is 4.74 Å². The van der Waals surface area contributed by atoms with Crippen molar-refractivity contribution >= 4 is 17.3 Å². The molecule has 2 aromatic heterocycles. The lowest BCUT2D eigenvalue weighted by molar-refractivity contribution is -0.391. The molecule has 0 amide bonds. The third-order valence-corrected chi connectivity index (χ3v) is 4.60. The number of nitrogens with zero attached hydrogens (tertiary/aromatic N) is 5. The van der Waals surface area contributed by atoms with Gasteiger partial charge in [0.05, 0.1) is 12.2 Å². The van der Waals surface area contributed by atoms with Gasteiger partial charge in [-0.3, -0.25) is 0 Å². The van der Waals surface area contributed by atoms with Gasteiger partial charge >= 0.3 is 5.82 Å². The molecule has 0 radical (unpaired) electrons. The van der Waals surface area contributed by atoms with Crippen LogP contribution in [0, 0.1) is 10.1 Å². The van der Waals surface area contributed by atoms with Crippen LogP contribution in [-0.2, 0) is 4.74 Å². The molecule has 0 aromatic carbocycles. The second kappa shape index (κ2) is 4.91. The summed E-state index contributed by atoms with van der Waals surface area (Å²) in [5.41, 5.74) is 0.426. The highest BCUT2D eigenvalue weighted by molar-refractivity contribution is 5.49. The first-order chi connectivity index (χ1) is 10.7. The Labute approximate surface area is 126 Å². The van der Waals surface area contributed by atoms with Gasteiger partial charge in [-0.15, -0.1) is 0 Å². The van der Waals surface area contributed by atoms with Crippen molar-refractivity contribution in [3.05, 3.63) is 28.4 Å². The van der Waals surface area contributed by atoms with Crippen LogP contribution in [0.3, 0.4) is 0 Å². The average Bonchev–Trinajstić information content (AvgIpc) is 3.13. The van der Waals surface area contributed by atoms with E-state index in [1.807, 2.05) is 6.07 Å². The third-order valence-electron chi connectivity index (χ3n) is 4.60. The second-order valence-corrected chi connectivity index (χ2v) is 6.00. The molecule has 2 fully saturated rings. The van der Waals surface area contributed by atoms with Crippen molar-refractivity contribution in [3.63, 3.8) is 0 Å². The minimum atomic E-state index is -0.464. The summed E-state index contributed by atoms with van der Waals surface area (Å²) in [5, 5.41) is 15.5. The Morgan fingerprint density at radius 1 is 1.32 bits per heavy atom. The molecule has 1 spiro atoms. The first-order valence-corrected chi connectivity index (χ1v) is 7.55. The SMILES string of the molecule is O=[N+]([O-])c1cnc2ccc(N3CCOC4(CCCC4)C3)nn12. The van der Waals surface area contributed by atoms with Crippen LogP contribution < -0.4 is 4.90 Å². The van der Waals surface area contributed by atoms with Gasteiger partial charge in [0.15, 0.2) is 5.82 Å². The summed E-state index contributed by atoms with van der Waals surface area (Å²) in [5.74, 6) is 0.629. The highest BCUT2D eigenvalue weighted by Gasteiger charge is 2.39. The first kappa shape index (κ1) is 13.4. The molecule has 1 aliphatic carbocycles. The number of aromatic nitrogens is 3. The van der Waals surface area contributed by atoms with Crippen molar-refractivity contribution in [1.82, 2.24) is 14.6 Å². The summed E-state index contributed by atoms with van der Waals surface area (Å²) < 4.78 is 7.31. The van der Waals surface area contributed by atoms with E-state index in [1.165, 1.54) is 23.6 Å². The number of fused-ring (bicyclic) bond motifs is 1. The van der Waals surface area contributed by atoms with Crippen molar-refractivity contribution in [3.8, 4) is 0 Å². The highest BCUT2D eigenvalue weighted by Crippen LogP contribution is 2.36. The number of imidazole rings is 1. The number of nitro groups is 1. The predicted octanol–water partition coefficient (Wildman–Crippen LogP) is 1.79. The molecule has 4 rings (SSSR count). The van der Waals surface area contributed by atoms with E-state index in [9.17, 15) is 10.1 Å². The lowest BCUT2D eigenvalue weighted by Crippen LogP contribution is -2.50. The molecule has 0 unspecified atom stereocenters. The van der Waals surface area contributed by atoms with Gasteiger partial charge in [-0.2, -0.15) is 0 Å². The van der Waals surface area contributed by atoms with Crippen molar-refractivity contribution in [2.75, 3.05) is 24.6 Å². The summed E-state index contributed by atoms with van der Waals surface area (Å²) in [6, 6.07) is 3.64. The molecule has 8 heteroatoms. The van der Waals surface area contributed by atoms with E-state index in [0.29, 0.717) is 12.3 Å². The van der Waals surface area contributed by atoms with Gasteiger partial charge < -0.3 is 19.8 Å². The molecule has 8 nitrogen and oxygen atoms in total. The Balaban J connectivity index is 1.68. The van der Waals surface area contributed by atoms with Crippen LogP contribution in [0.15, 0.2) is 18.3 Å². The summed E-state index contributed by atoms with van der Waals surface area (Å²) >= 11 is 0. The zero-order valence-electron chi connectivity index (χ0n) is 12.1. The number of ether oxygens (including phenoxy) is 1. The molecule has 0 bridgehead atoms. The fourth-order valence-corrected chi connectivity index (χ4v) is 3.51. The van der Waals surface area contributed by atoms with Gasteiger partial charge in [-0.25, -0.2) is 4.98 Å². The Hall–Kier alpha value is -2.22. The Bertz CT molecular complexity index is 722. The van der Waals surface area contributed by atoms with Crippen LogP contribution in [0.5, 0.6) is 0 Å². The van der Waals surface area contributed by atoms with E-state index in [1.54, 1.807) is 6.07 Å². The molecule has 3 heterocycles. The summed E-state index contributed by atoms with van der Waals surface area (Å²) in [7, 11) is 0. The molecular weight excluding hydrogens is 286 g/mol.